The Bertz CT molecular complexity index is 989. The average molecular weight is 520 g/mol. The van der Waals surface area contributed by atoms with Crippen molar-refractivity contribution in [2.45, 2.75) is 70.2 Å². The van der Waals surface area contributed by atoms with Gasteiger partial charge in [0.05, 0.1) is 11.1 Å². The molecule has 3 unspecified atom stereocenters. The quantitative estimate of drug-likeness (QED) is 0.330. The molecule has 1 fully saturated rings. The molecule has 2 aromatic rings. The third kappa shape index (κ3) is 6.59. The molecule has 1 aliphatic rings. The molecule has 0 radical (unpaired) electrons. The normalized spacial score (nSPS) is 23.0. The van der Waals surface area contributed by atoms with Crippen molar-refractivity contribution in [2.75, 3.05) is 5.75 Å². The maximum absolute atomic E-state index is 13.8. The number of carbonyl (C=O) groups is 1. The van der Waals surface area contributed by atoms with Gasteiger partial charge in [-0.05, 0) is 60.8 Å². The van der Waals surface area contributed by atoms with Crippen LogP contribution in [0.5, 0.6) is 0 Å². The summed E-state index contributed by atoms with van der Waals surface area (Å²) in [6.07, 6.45) is 7.14. The molecular formula is C28H36Cl2N2OS. The lowest BCUT2D eigenvalue weighted by atomic mass is 9.75. The fraction of sp³-hybridized carbons (Fsp3) is 0.500. The van der Waals surface area contributed by atoms with Crippen LogP contribution in [-0.4, -0.2) is 32.3 Å². The van der Waals surface area contributed by atoms with Crippen LogP contribution in [0.4, 0.5) is 0 Å². The van der Waals surface area contributed by atoms with Gasteiger partial charge in [-0.3, -0.25) is 9.78 Å². The van der Waals surface area contributed by atoms with Crippen LogP contribution in [0.15, 0.2) is 55.4 Å². The first-order valence-electron chi connectivity index (χ1n) is 11.9. The maximum Gasteiger partial charge on any atom is 0.226 e. The SMILES string of the molecule is C=CC[C@@H](CSC(C)(C)C)[C@@H](C)N1C(=O)C(C)CC(c2cncc(Cl)c2)C1c1ccc(Cl)cc1. The number of pyridine rings is 1. The van der Waals surface area contributed by atoms with Crippen molar-refractivity contribution >= 4 is 40.9 Å². The molecule has 1 aliphatic heterocycles. The molecule has 34 heavy (non-hydrogen) atoms. The number of thioether (sulfide) groups is 1. The van der Waals surface area contributed by atoms with Gasteiger partial charge in [-0.2, -0.15) is 11.8 Å². The van der Waals surface area contributed by atoms with Crippen LogP contribution in [0.1, 0.15) is 70.5 Å². The summed E-state index contributed by atoms with van der Waals surface area (Å²) in [7, 11) is 0. The van der Waals surface area contributed by atoms with Crippen LogP contribution in [0.25, 0.3) is 0 Å². The van der Waals surface area contributed by atoms with E-state index < -0.39 is 0 Å². The Labute approximate surface area is 219 Å². The fourth-order valence-electron chi connectivity index (χ4n) is 4.85. The fourth-order valence-corrected chi connectivity index (χ4v) is 6.29. The lowest BCUT2D eigenvalue weighted by Crippen LogP contribution is -2.52. The number of likely N-dealkylation sites (tertiary alicyclic amines) is 1. The number of allylic oxidation sites excluding steroid dienone is 1. The highest BCUT2D eigenvalue weighted by atomic mass is 35.5. The third-order valence-electron chi connectivity index (χ3n) is 6.65. The smallest absolute Gasteiger partial charge is 0.226 e. The molecule has 6 heteroatoms. The van der Waals surface area contributed by atoms with Gasteiger partial charge in [0.25, 0.3) is 0 Å². The Hall–Kier alpha value is -1.49. The van der Waals surface area contributed by atoms with E-state index in [2.05, 4.69) is 44.2 Å². The van der Waals surface area contributed by atoms with Gasteiger partial charge in [0.15, 0.2) is 0 Å². The minimum absolute atomic E-state index is 0.0402. The molecule has 0 saturated carbocycles. The minimum atomic E-state index is -0.122. The van der Waals surface area contributed by atoms with E-state index in [9.17, 15) is 4.79 Å². The zero-order valence-electron chi connectivity index (χ0n) is 20.8. The van der Waals surface area contributed by atoms with Crippen molar-refractivity contribution in [1.82, 2.24) is 9.88 Å². The summed E-state index contributed by atoms with van der Waals surface area (Å²) in [5.74, 6) is 1.46. The Kier molecular flexibility index (Phi) is 9.16. The van der Waals surface area contributed by atoms with Crippen molar-refractivity contribution in [2.24, 2.45) is 11.8 Å². The van der Waals surface area contributed by atoms with Crippen molar-refractivity contribution in [3.63, 3.8) is 0 Å². The number of benzene rings is 1. The van der Waals surface area contributed by atoms with E-state index in [1.54, 1.807) is 6.20 Å². The van der Waals surface area contributed by atoms with Crippen LogP contribution in [0, 0.1) is 11.8 Å². The van der Waals surface area contributed by atoms with Crippen LogP contribution in [0.3, 0.4) is 0 Å². The Morgan fingerprint density at radius 3 is 2.44 bits per heavy atom. The molecule has 3 nitrogen and oxygen atoms in total. The summed E-state index contributed by atoms with van der Waals surface area (Å²) in [5.41, 5.74) is 2.15. The second-order valence-corrected chi connectivity index (χ2v) is 13.1. The zero-order valence-corrected chi connectivity index (χ0v) is 23.1. The van der Waals surface area contributed by atoms with Crippen LogP contribution in [0.2, 0.25) is 10.0 Å². The van der Waals surface area contributed by atoms with E-state index in [0.29, 0.717) is 16.0 Å². The number of carbonyl (C=O) groups excluding carboxylic acids is 1. The predicted octanol–water partition coefficient (Wildman–Crippen LogP) is 8.19. The summed E-state index contributed by atoms with van der Waals surface area (Å²) in [6.45, 7) is 15.0. The van der Waals surface area contributed by atoms with Gasteiger partial charge in [-0.15, -0.1) is 6.58 Å². The number of piperidine rings is 1. The number of halogens is 2. The summed E-state index contributed by atoms with van der Waals surface area (Å²) >= 11 is 14.5. The molecule has 1 saturated heterocycles. The number of nitrogens with zero attached hydrogens (tertiary/aromatic N) is 2. The molecule has 3 rings (SSSR count). The van der Waals surface area contributed by atoms with Crippen molar-refractivity contribution in [3.8, 4) is 0 Å². The molecule has 0 spiro atoms. The number of hydrogen-bond acceptors (Lipinski definition) is 3. The van der Waals surface area contributed by atoms with Gasteiger partial charge in [-0.25, -0.2) is 0 Å². The highest BCUT2D eigenvalue weighted by Gasteiger charge is 2.45. The van der Waals surface area contributed by atoms with Gasteiger partial charge >= 0.3 is 0 Å². The number of hydrogen-bond donors (Lipinski definition) is 0. The Balaban J connectivity index is 2.08. The standard InChI is InChI=1S/C28H36Cl2N2OS/c1-7-8-21(17-34-28(4,5)6)19(3)32-26(20-9-11-23(29)12-10-20)25(13-18(2)27(32)33)22-14-24(30)16-31-15-22/h7,9-12,14-16,18-19,21,25-26H,1,8,13,17H2,2-6H3/t18?,19-,21+,25?,26?/m1/s1. The molecule has 0 N–H and O–H groups in total. The molecule has 5 atom stereocenters. The molecule has 1 aromatic heterocycles. The molecular weight excluding hydrogens is 483 g/mol. The van der Waals surface area contributed by atoms with E-state index in [4.69, 9.17) is 23.2 Å². The second kappa shape index (κ2) is 11.5. The molecule has 1 amide bonds. The maximum atomic E-state index is 13.8. The zero-order chi connectivity index (χ0) is 25.0. The summed E-state index contributed by atoms with van der Waals surface area (Å²) in [4.78, 5) is 20.3. The number of amides is 1. The largest absolute Gasteiger partial charge is 0.332 e. The van der Waals surface area contributed by atoms with E-state index in [0.717, 1.165) is 29.7 Å². The van der Waals surface area contributed by atoms with Gasteiger partial charge in [-0.1, -0.05) is 69.1 Å². The van der Waals surface area contributed by atoms with E-state index in [-0.39, 0.29) is 34.6 Å². The first-order chi connectivity index (χ1) is 16.0. The van der Waals surface area contributed by atoms with Crippen molar-refractivity contribution in [3.05, 3.63) is 76.6 Å². The molecule has 2 heterocycles. The molecule has 1 aromatic carbocycles. The van der Waals surface area contributed by atoms with Crippen LogP contribution in [-0.2, 0) is 4.79 Å². The van der Waals surface area contributed by atoms with Crippen molar-refractivity contribution < 1.29 is 4.79 Å². The van der Waals surface area contributed by atoms with Crippen molar-refractivity contribution in [1.29, 1.82) is 0 Å². The molecule has 0 bridgehead atoms. The first kappa shape index (κ1) is 27.1. The predicted molar refractivity (Wildman–Crippen MR) is 147 cm³/mol. The third-order valence-corrected chi connectivity index (χ3v) is 8.57. The minimum Gasteiger partial charge on any atom is -0.332 e. The van der Waals surface area contributed by atoms with Gasteiger partial charge in [0.1, 0.15) is 0 Å². The van der Waals surface area contributed by atoms with E-state index in [1.165, 1.54) is 0 Å². The summed E-state index contributed by atoms with van der Waals surface area (Å²) in [5, 5.41) is 1.30. The second-order valence-electron chi connectivity index (χ2n) is 10.4. The highest BCUT2D eigenvalue weighted by molar-refractivity contribution is 8.00. The summed E-state index contributed by atoms with van der Waals surface area (Å²) < 4.78 is 0.156. The molecule has 184 valence electrons. The Morgan fingerprint density at radius 1 is 1.18 bits per heavy atom. The summed E-state index contributed by atoms with van der Waals surface area (Å²) in [6, 6.07) is 9.82. The first-order valence-corrected chi connectivity index (χ1v) is 13.7. The highest BCUT2D eigenvalue weighted by Crippen LogP contribution is 2.47. The van der Waals surface area contributed by atoms with E-state index >= 15 is 0 Å². The average Bonchev–Trinajstić information content (AvgIpc) is 2.77. The van der Waals surface area contributed by atoms with E-state index in [1.807, 2.05) is 61.3 Å². The van der Waals surface area contributed by atoms with Gasteiger partial charge < -0.3 is 4.90 Å². The number of rotatable bonds is 8. The van der Waals surface area contributed by atoms with Gasteiger partial charge in [0.2, 0.25) is 5.91 Å². The van der Waals surface area contributed by atoms with Crippen LogP contribution >= 0.6 is 35.0 Å². The Morgan fingerprint density at radius 2 is 1.85 bits per heavy atom. The number of aromatic nitrogens is 1. The lowest BCUT2D eigenvalue weighted by molar-refractivity contribution is -0.146. The molecule has 0 aliphatic carbocycles. The monoisotopic (exact) mass is 518 g/mol. The lowest BCUT2D eigenvalue weighted by Gasteiger charge is -2.49. The topological polar surface area (TPSA) is 33.2 Å². The van der Waals surface area contributed by atoms with Gasteiger partial charge in [0, 0.05) is 40.0 Å². The van der Waals surface area contributed by atoms with Crippen LogP contribution < -0.4 is 0 Å².